The zero-order valence-corrected chi connectivity index (χ0v) is 18.2. The number of carbonyl (C=O) groups excluding carboxylic acids is 2. The Kier molecular flexibility index (Phi) is 7.50. The molecule has 0 atom stereocenters. The lowest BCUT2D eigenvalue weighted by Gasteiger charge is -2.32. The van der Waals surface area contributed by atoms with E-state index in [1.807, 2.05) is 68.1 Å². The average molecular weight is 409 g/mol. The largest absolute Gasteiger partial charge is 0.493 e. The van der Waals surface area contributed by atoms with Crippen LogP contribution in [0.15, 0.2) is 42.5 Å². The second-order valence-electron chi connectivity index (χ2n) is 8.17. The molecule has 0 spiro atoms. The van der Waals surface area contributed by atoms with Crippen LogP contribution in [0.2, 0.25) is 0 Å². The van der Waals surface area contributed by atoms with E-state index < -0.39 is 0 Å². The number of hydrogen-bond donors (Lipinski definition) is 1. The number of ether oxygens (including phenoxy) is 1. The molecule has 2 amide bonds. The SMILES string of the molecule is Cc1cccc(C(=O)NC2CCN(C(=O)CCCOc3c(C)cccc3C)CC2)c1. The topological polar surface area (TPSA) is 58.6 Å². The van der Waals surface area contributed by atoms with Crippen LogP contribution in [0.4, 0.5) is 0 Å². The summed E-state index contributed by atoms with van der Waals surface area (Å²) in [6.07, 6.45) is 2.78. The zero-order valence-electron chi connectivity index (χ0n) is 18.2. The molecule has 0 unspecified atom stereocenters. The van der Waals surface area contributed by atoms with Gasteiger partial charge in [-0.2, -0.15) is 0 Å². The molecule has 0 aromatic heterocycles. The Morgan fingerprint density at radius 2 is 1.70 bits per heavy atom. The van der Waals surface area contributed by atoms with Gasteiger partial charge in [0.1, 0.15) is 5.75 Å². The molecule has 1 fully saturated rings. The van der Waals surface area contributed by atoms with Crippen molar-refractivity contribution in [2.45, 2.75) is 52.5 Å². The number of hydrogen-bond acceptors (Lipinski definition) is 3. The Balaban J connectivity index is 1.37. The lowest BCUT2D eigenvalue weighted by atomic mass is 10.0. The molecule has 160 valence electrons. The van der Waals surface area contributed by atoms with E-state index in [-0.39, 0.29) is 17.9 Å². The average Bonchev–Trinajstić information content (AvgIpc) is 2.73. The third kappa shape index (κ3) is 5.85. The molecule has 1 saturated heterocycles. The number of likely N-dealkylation sites (tertiary alicyclic amines) is 1. The second kappa shape index (κ2) is 10.3. The van der Waals surface area contributed by atoms with Crippen LogP contribution in [0.25, 0.3) is 0 Å². The maximum Gasteiger partial charge on any atom is 0.251 e. The van der Waals surface area contributed by atoms with E-state index in [1.54, 1.807) is 0 Å². The third-order valence-electron chi connectivity index (χ3n) is 5.65. The summed E-state index contributed by atoms with van der Waals surface area (Å²) in [6.45, 7) is 7.98. The van der Waals surface area contributed by atoms with Gasteiger partial charge in [-0.05, 0) is 63.3 Å². The van der Waals surface area contributed by atoms with Crippen molar-refractivity contribution in [1.29, 1.82) is 0 Å². The summed E-state index contributed by atoms with van der Waals surface area (Å²) >= 11 is 0. The van der Waals surface area contributed by atoms with Gasteiger partial charge in [0.2, 0.25) is 5.91 Å². The zero-order chi connectivity index (χ0) is 21.5. The van der Waals surface area contributed by atoms with Crippen LogP contribution in [-0.2, 0) is 4.79 Å². The molecular weight excluding hydrogens is 376 g/mol. The summed E-state index contributed by atoms with van der Waals surface area (Å²) in [5.41, 5.74) is 4.01. The van der Waals surface area contributed by atoms with Crippen molar-refractivity contribution in [3.63, 3.8) is 0 Å². The Labute approximate surface area is 179 Å². The van der Waals surface area contributed by atoms with Gasteiger partial charge in [-0.25, -0.2) is 0 Å². The fourth-order valence-corrected chi connectivity index (χ4v) is 3.91. The molecule has 30 heavy (non-hydrogen) atoms. The summed E-state index contributed by atoms with van der Waals surface area (Å²) in [5, 5.41) is 3.11. The van der Waals surface area contributed by atoms with Gasteiger partial charge >= 0.3 is 0 Å². The lowest BCUT2D eigenvalue weighted by Crippen LogP contribution is -2.46. The summed E-state index contributed by atoms with van der Waals surface area (Å²) in [5.74, 6) is 1.06. The molecule has 1 heterocycles. The molecule has 2 aromatic carbocycles. The Morgan fingerprint density at radius 3 is 2.37 bits per heavy atom. The first-order chi connectivity index (χ1) is 14.4. The molecule has 0 radical (unpaired) electrons. The third-order valence-corrected chi connectivity index (χ3v) is 5.65. The number of nitrogens with one attached hydrogen (secondary N) is 1. The quantitative estimate of drug-likeness (QED) is 0.699. The molecule has 3 rings (SSSR count). The number of amides is 2. The van der Waals surface area contributed by atoms with Gasteiger partial charge in [-0.1, -0.05) is 35.9 Å². The monoisotopic (exact) mass is 408 g/mol. The van der Waals surface area contributed by atoms with E-state index in [0.717, 1.165) is 35.3 Å². The highest BCUT2D eigenvalue weighted by Crippen LogP contribution is 2.22. The summed E-state index contributed by atoms with van der Waals surface area (Å²) in [7, 11) is 0. The van der Waals surface area contributed by atoms with Crippen molar-refractivity contribution in [2.75, 3.05) is 19.7 Å². The van der Waals surface area contributed by atoms with Gasteiger partial charge in [0.05, 0.1) is 6.61 Å². The fourth-order valence-electron chi connectivity index (χ4n) is 3.91. The summed E-state index contributed by atoms with van der Waals surface area (Å²) in [4.78, 5) is 26.8. The van der Waals surface area contributed by atoms with Crippen LogP contribution in [-0.4, -0.2) is 42.5 Å². The minimum atomic E-state index is -0.0351. The van der Waals surface area contributed by atoms with E-state index in [9.17, 15) is 9.59 Å². The molecular formula is C25H32N2O3. The standard InChI is InChI=1S/C25H32N2O3/c1-18-7-4-10-21(17-18)25(29)26-22-12-14-27(15-13-22)23(28)11-6-16-30-24-19(2)8-5-9-20(24)3/h4-5,7-10,17,22H,6,11-16H2,1-3H3,(H,26,29). The van der Waals surface area contributed by atoms with Crippen molar-refractivity contribution in [2.24, 2.45) is 0 Å². The molecule has 1 N–H and O–H groups in total. The molecule has 0 aliphatic carbocycles. The van der Waals surface area contributed by atoms with Crippen molar-refractivity contribution < 1.29 is 14.3 Å². The maximum atomic E-state index is 12.5. The molecule has 5 heteroatoms. The number of nitrogens with zero attached hydrogens (tertiary/aromatic N) is 1. The first-order valence-corrected chi connectivity index (χ1v) is 10.8. The van der Waals surface area contributed by atoms with Crippen LogP contribution in [0, 0.1) is 20.8 Å². The van der Waals surface area contributed by atoms with Crippen LogP contribution in [0.5, 0.6) is 5.75 Å². The highest BCUT2D eigenvalue weighted by atomic mass is 16.5. The van der Waals surface area contributed by atoms with Crippen molar-refractivity contribution in [1.82, 2.24) is 10.2 Å². The number of rotatable bonds is 7. The van der Waals surface area contributed by atoms with Gasteiger partial charge in [0.25, 0.3) is 5.91 Å². The van der Waals surface area contributed by atoms with E-state index >= 15 is 0 Å². The van der Waals surface area contributed by atoms with Crippen molar-refractivity contribution in [3.8, 4) is 5.75 Å². The fraction of sp³-hybridized carbons (Fsp3) is 0.440. The minimum absolute atomic E-state index is 0.0351. The van der Waals surface area contributed by atoms with Crippen LogP contribution in [0.3, 0.4) is 0 Å². The summed E-state index contributed by atoms with van der Waals surface area (Å²) in [6, 6.07) is 13.8. The molecule has 1 aliphatic heterocycles. The number of piperidine rings is 1. The van der Waals surface area contributed by atoms with Gasteiger partial charge in [0.15, 0.2) is 0 Å². The van der Waals surface area contributed by atoms with E-state index in [2.05, 4.69) is 5.32 Å². The first kappa shape index (κ1) is 21.9. The van der Waals surface area contributed by atoms with E-state index in [4.69, 9.17) is 4.74 Å². The van der Waals surface area contributed by atoms with E-state index in [1.165, 1.54) is 0 Å². The lowest BCUT2D eigenvalue weighted by molar-refractivity contribution is -0.132. The molecule has 5 nitrogen and oxygen atoms in total. The Hall–Kier alpha value is -2.82. The molecule has 2 aromatic rings. The van der Waals surface area contributed by atoms with E-state index in [0.29, 0.717) is 38.1 Å². The van der Waals surface area contributed by atoms with Gasteiger partial charge in [-0.3, -0.25) is 9.59 Å². The predicted molar refractivity (Wildman–Crippen MR) is 119 cm³/mol. The molecule has 0 bridgehead atoms. The van der Waals surface area contributed by atoms with Crippen LogP contribution in [0.1, 0.15) is 52.7 Å². The maximum absolute atomic E-state index is 12.5. The Morgan fingerprint density at radius 1 is 1.03 bits per heavy atom. The number of para-hydroxylation sites is 1. The number of carbonyl (C=O) groups is 2. The molecule has 0 saturated carbocycles. The predicted octanol–water partition coefficient (Wildman–Crippen LogP) is 4.19. The smallest absolute Gasteiger partial charge is 0.251 e. The van der Waals surface area contributed by atoms with Crippen molar-refractivity contribution in [3.05, 3.63) is 64.7 Å². The highest BCUT2D eigenvalue weighted by molar-refractivity contribution is 5.94. The van der Waals surface area contributed by atoms with Gasteiger partial charge in [0, 0.05) is 31.1 Å². The van der Waals surface area contributed by atoms with Crippen LogP contribution >= 0.6 is 0 Å². The van der Waals surface area contributed by atoms with Crippen LogP contribution < -0.4 is 10.1 Å². The minimum Gasteiger partial charge on any atom is -0.493 e. The normalized spacial score (nSPS) is 14.4. The van der Waals surface area contributed by atoms with Gasteiger partial charge < -0.3 is 15.0 Å². The Bertz CT molecular complexity index is 865. The highest BCUT2D eigenvalue weighted by Gasteiger charge is 2.24. The number of benzene rings is 2. The summed E-state index contributed by atoms with van der Waals surface area (Å²) < 4.78 is 5.90. The van der Waals surface area contributed by atoms with Crippen molar-refractivity contribution >= 4 is 11.8 Å². The number of aryl methyl sites for hydroxylation is 3. The second-order valence-corrected chi connectivity index (χ2v) is 8.17. The first-order valence-electron chi connectivity index (χ1n) is 10.8. The molecule has 1 aliphatic rings. The van der Waals surface area contributed by atoms with Gasteiger partial charge in [-0.15, -0.1) is 0 Å².